The first-order chi connectivity index (χ1) is 8.42. The smallest absolute Gasteiger partial charge is 0.0702 e. The lowest BCUT2D eigenvalue weighted by Gasteiger charge is -2.08. The molecule has 3 rings (SSSR count). The van der Waals surface area contributed by atoms with E-state index in [-0.39, 0.29) is 0 Å². The van der Waals surface area contributed by atoms with E-state index in [0.717, 1.165) is 12.1 Å². The van der Waals surface area contributed by atoms with Crippen molar-refractivity contribution in [1.29, 1.82) is 0 Å². The van der Waals surface area contributed by atoms with Crippen LogP contribution in [0.25, 0.3) is 10.9 Å². The molecular formula is C14H13N3. The van der Waals surface area contributed by atoms with Crippen molar-refractivity contribution in [2.75, 3.05) is 5.43 Å². The van der Waals surface area contributed by atoms with E-state index in [0.29, 0.717) is 0 Å². The van der Waals surface area contributed by atoms with E-state index in [2.05, 4.69) is 34.7 Å². The molecule has 2 heterocycles. The Morgan fingerprint density at radius 3 is 2.82 bits per heavy atom. The van der Waals surface area contributed by atoms with E-state index >= 15 is 0 Å². The number of rotatable bonds is 3. The van der Waals surface area contributed by atoms with Crippen molar-refractivity contribution in [3.63, 3.8) is 0 Å². The average molecular weight is 223 g/mol. The van der Waals surface area contributed by atoms with Crippen LogP contribution < -0.4 is 5.43 Å². The standard InChI is InChI=1S/C14H13N3/c1-2-9-17(8-1)16-11-12-5-6-14-13(10-12)4-3-7-15-14/h1-10,16H,11H2. The van der Waals surface area contributed by atoms with Gasteiger partial charge in [0.1, 0.15) is 0 Å². The molecule has 1 aromatic carbocycles. The molecule has 0 radical (unpaired) electrons. The Kier molecular flexibility index (Phi) is 2.50. The van der Waals surface area contributed by atoms with E-state index in [1.807, 2.05) is 41.5 Å². The molecule has 3 heteroatoms. The summed E-state index contributed by atoms with van der Waals surface area (Å²) in [4.78, 5) is 4.31. The lowest BCUT2D eigenvalue weighted by molar-refractivity contribution is 0.848. The largest absolute Gasteiger partial charge is 0.322 e. The number of nitrogens with zero attached hydrogens (tertiary/aromatic N) is 2. The first kappa shape index (κ1) is 9.90. The highest BCUT2D eigenvalue weighted by Gasteiger charge is 1.96. The van der Waals surface area contributed by atoms with Crippen molar-refractivity contribution >= 4 is 10.9 Å². The van der Waals surface area contributed by atoms with E-state index in [4.69, 9.17) is 0 Å². The number of hydrogen-bond donors (Lipinski definition) is 1. The first-order valence-electron chi connectivity index (χ1n) is 5.62. The lowest BCUT2D eigenvalue weighted by Crippen LogP contribution is -2.11. The summed E-state index contributed by atoms with van der Waals surface area (Å²) in [6, 6.07) is 14.4. The van der Waals surface area contributed by atoms with Crippen LogP contribution in [0.15, 0.2) is 61.1 Å². The van der Waals surface area contributed by atoms with Crippen LogP contribution >= 0.6 is 0 Å². The fourth-order valence-corrected chi connectivity index (χ4v) is 1.86. The molecule has 0 atom stereocenters. The molecule has 3 nitrogen and oxygen atoms in total. The summed E-state index contributed by atoms with van der Waals surface area (Å²) in [5.74, 6) is 0. The van der Waals surface area contributed by atoms with Crippen LogP contribution in [0.4, 0.5) is 0 Å². The Bertz CT molecular complexity index is 614. The van der Waals surface area contributed by atoms with Gasteiger partial charge in [0.15, 0.2) is 0 Å². The Hall–Kier alpha value is -2.29. The molecular weight excluding hydrogens is 210 g/mol. The average Bonchev–Trinajstić information content (AvgIpc) is 2.89. The number of aromatic nitrogens is 2. The van der Waals surface area contributed by atoms with Gasteiger partial charge in [0.05, 0.1) is 12.1 Å². The Balaban J connectivity index is 1.81. The number of benzene rings is 1. The summed E-state index contributed by atoms with van der Waals surface area (Å²) in [6.45, 7) is 0.805. The normalized spacial score (nSPS) is 10.6. The van der Waals surface area contributed by atoms with Gasteiger partial charge in [-0.05, 0) is 35.9 Å². The highest BCUT2D eigenvalue weighted by Crippen LogP contribution is 2.13. The molecule has 0 saturated heterocycles. The molecule has 2 aromatic heterocycles. The second-order valence-corrected chi connectivity index (χ2v) is 3.96. The molecule has 84 valence electrons. The van der Waals surface area contributed by atoms with Gasteiger partial charge in [-0.25, -0.2) is 0 Å². The van der Waals surface area contributed by atoms with Gasteiger partial charge in [-0.15, -0.1) is 0 Å². The highest BCUT2D eigenvalue weighted by atomic mass is 15.4. The molecule has 0 aliphatic rings. The minimum atomic E-state index is 0.805. The zero-order chi connectivity index (χ0) is 11.5. The molecule has 0 saturated carbocycles. The van der Waals surface area contributed by atoms with Gasteiger partial charge >= 0.3 is 0 Å². The zero-order valence-corrected chi connectivity index (χ0v) is 9.38. The van der Waals surface area contributed by atoms with Crippen LogP contribution in [-0.4, -0.2) is 9.66 Å². The third-order valence-electron chi connectivity index (χ3n) is 2.74. The molecule has 0 amide bonds. The molecule has 3 aromatic rings. The van der Waals surface area contributed by atoms with Gasteiger partial charge in [-0.2, -0.15) is 0 Å². The van der Waals surface area contributed by atoms with Crippen LogP contribution in [0.1, 0.15) is 5.56 Å². The molecule has 1 N–H and O–H groups in total. The fourth-order valence-electron chi connectivity index (χ4n) is 1.86. The van der Waals surface area contributed by atoms with Gasteiger partial charge in [-0.1, -0.05) is 12.1 Å². The molecule has 17 heavy (non-hydrogen) atoms. The highest BCUT2D eigenvalue weighted by molar-refractivity contribution is 5.78. The third-order valence-corrected chi connectivity index (χ3v) is 2.74. The second kappa shape index (κ2) is 4.29. The number of fused-ring (bicyclic) bond motifs is 1. The minimum absolute atomic E-state index is 0.805. The first-order valence-corrected chi connectivity index (χ1v) is 5.62. The predicted octanol–water partition coefficient (Wildman–Crippen LogP) is 2.78. The zero-order valence-electron chi connectivity index (χ0n) is 9.38. The molecule has 0 bridgehead atoms. The number of pyridine rings is 1. The van der Waals surface area contributed by atoms with Gasteiger partial charge in [0.2, 0.25) is 0 Å². The summed E-state index contributed by atoms with van der Waals surface area (Å²) in [5.41, 5.74) is 5.59. The monoisotopic (exact) mass is 223 g/mol. The lowest BCUT2D eigenvalue weighted by atomic mass is 10.1. The molecule has 0 fully saturated rings. The maximum Gasteiger partial charge on any atom is 0.0702 e. The van der Waals surface area contributed by atoms with Crippen molar-refractivity contribution in [2.45, 2.75) is 6.54 Å². The van der Waals surface area contributed by atoms with Crippen molar-refractivity contribution in [1.82, 2.24) is 9.66 Å². The molecule has 0 spiro atoms. The van der Waals surface area contributed by atoms with Crippen LogP contribution in [0.3, 0.4) is 0 Å². The van der Waals surface area contributed by atoms with E-state index in [9.17, 15) is 0 Å². The van der Waals surface area contributed by atoms with Gasteiger partial charge in [0, 0.05) is 24.0 Å². The summed E-state index contributed by atoms with van der Waals surface area (Å²) in [5, 5.41) is 1.18. The van der Waals surface area contributed by atoms with Crippen molar-refractivity contribution < 1.29 is 0 Å². The summed E-state index contributed by atoms with van der Waals surface area (Å²) >= 11 is 0. The van der Waals surface area contributed by atoms with Crippen molar-refractivity contribution in [3.8, 4) is 0 Å². The quantitative estimate of drug-likeness (QED) is 0.740. The summed E-state index contributed by atoms with van der Waals surface area (Å²) in [6.07, 6.45) is 5.80. The molecule has 0 aliphatic heterocycles. The van der Waals surface area contributed by atoms with Gasteiger partial charge in [-0.3, -0.25) is 9.66 Å². The predicted molar refractivity (Wildman–Crippen MR) is 69.2 cm³/mol. The molecule has 0 aliphatic carbocycles. The maximum absolute atomic E-state index is 4.31. The number of nitrogens with one attached hydrogen (secondary N) is 1. The topological polar surface area (TPSA) is 29.9 Å². The van der Waals surface area contributed by atoms with Gasteiger partial charge < -0.3 is 5.43 Å². The van der Waals surface area contributed by atoms with E-state index in [1.54, 1.807) is 0 Å². The maximum atomic E-state index is 4.31. The van der Waals surface area contributed by atoms with Crippen molar-refractivity contribution in [3.05, 3.63) is 66.6 Å². The van der Waals surface area contributed by atoms with Crippen molar-refractivity contribution in [2.24, 2.45) is 0 Å². The Morgan fingerprint density at radius 1 is 1.06 bits per heavy atom. The van der Waals surface area contributed by atoms with E-state index < -0.39 is 0 Å². The Morgan fingerprint density at radius 2 is 1.94 bits per heavy atom. The van der Waals surface area contributed by atoms with E-state index in [1.165, 1.54) is 10.9 Å². The fraction of sp³-hybridized carbons (Fsp3) is 0.0714. The van der Waals surface area contributed by atoms with Crippen LogP contribution in [0, 0.1) is 0 Å². The second-order valence-electron chi connectivity index (χ2n) is 3.96. The summed E-state index contributed by atoms with van der Waals surface area (Å²) < 4.78 is 1.95. The van der Waals surface area contributed by atoms with Crippen LogP contribution in [-0.2, 0) is 6.54 Å². The number of hydrogen-bond acceptors (Lipinski definition) is 2. The SMILES string of the molecule is c1cnc2ccc(CNn3cccc3)cc2c1. The minimum Gasteiger partial charge on any atom is -0.322 e. The van der Waals surface area contributed by atoms with Crippen LogP contribution in [0.2, 0.25) is 0 Å². The van der Waals surface area contributed by atoms with Crippen LogP contribution in [0.5, 0.6) is 0 Å². The Labute approximate surface area is 99.7 Å². The van der Waals surface area contributed by atoms with Gasteiger partial charge in [0.25, 0.3) is 0 Å². The summed E-state index contributed by atoms with van der Waals surface area (Å²) in [7, 11) is 0. The third kappa shape index (κ3) is 2.13. The molecule has 0 unspecified atom stereocenters.